The number of benzene rings is 1. The molecular formula is C13H15FN2O2. The minimum absolute atomic E-state index is 0.159. The highest BCUT2D eigenvalue weighted by Crippen LogP contribution is 2.30. The van der Waals surface area contributed by atoms with Gasteiger partial charge in [0, 0.05) is 31.8 Å². The second-order valence-electron chi connectivity index (χ2n) is 4.35. The van der Waals surface area contributed by atoms with Gasteiger partial charge in [-0.15, -0.1) is 0 Å². The van der Waals surface area contributed by atoms with E-state index in [0.29, 0.717) is 5.56 Å². The fraction of sp³-hybridized carbons (Fsp3) is 0.385. The Bertz CT molecular complexity index is 458. The molecule has 1 fully saturated rings. The summed E-state index contributed by atoms with van der Waals surface area (Å²) in [6.45, 7) is 0.490. The standard InChI is InChI=1S/C13H15FN2O2/c14-11-4-2-1-3-10(11)9-7-12(17)16(6-5-15)13(18)8-9/h1-4,9H,5-8,15H2. The molecule has 1 saturated heterocycles. The summed E-state index contributed by atoms with van der Waals surface area (Å²) in [6.07, 6.45) is 0.319. The van der Waals surface area contributed by atoms with Gasteiger partial charge >= 0.3 is 0 Å². The lowest BCUT2D eigenvalue weighted by atomic mass is 9.88. The number of hydrogen-bond donors (Lipinski definition) is 1. The van der Waals surface area contributed by atoms with Crippen LogP contribution in [-0.2, 0) is 9.59 Å². The minimum atomic E-state index is -0.365. The predicted molar refractivity (Wildman–Crippen MR) is 64.1 cm³/mol. The number of rotatable bonds is 3. The van der Waals surface area contributed by atoms with E-state index in [1.807, 2.05) is 0 Å². The van der Waals surface area contributed by atoms with E-state index < -0.39 is 0 Å². The maximum atomic E-state index is 13.6. The van der Waals surface area contributed by atoms with Crippen molar-refractivity contribution in [2.24, 2.45) is 5.73 Å². The zero-order chi connectivity index (χ0) is 13.1. The summed E-state index contributed by atoms with van der Waals surface area (Å²) in [4.78, 5) is 24.8. The summed E-state index contributed by atoms with van der Waals surface area (Å²) in [5.74, 6) is -1.27. The lowest BCUT2D eigenvalue weighted by molar-refractivity contribution is -0.148. The van der Waals surface area contributed by atoms with Gasteiger partial charge in [0.25, 0.3) is 0 Å². The normalized spacial score (nSPS) is 17.3. The molecule has 0 saturated carbocycles. The molecule has 1 aromatic rings. The summed E-state index contributed by atoms with van der Waals surface area (Å²) in [5, 5.41) is 0. The molecule has 96 valence electrons. The predicted octanol–water partition coefficient (Wildman–Crippen LogP) is 1.02. The van der Waals surface area contributed by atoms with Gasteiger partial charge in [0.2, 0.25) is 11.8 Å². The third kappa shape index (κ3) is 2.41. The summed E-state index contributed by atoms with van der Waals surface area (Å²) < 4.78 is 13.6. The Labute approximate surface area is 105 Å². The zero-order valence-corrected chi connectivity index (χ0v) is 9.93. The number of carbonyl (C=O) groups excluding carboxylic acids is 2. The monoisotopic (exact) mass is 250 g/mol. The first kappa shape index (κ1) is 12.7. The van der Waals surface area contributed by atoms with Gasteiger partial charge in [-0.3, -0.25) is 14.5 Å². The Morgan fingerprint density at radius 3 is 2.39 bits per heavy atom. The van der Waals surface area contributed by atoms with Crippen molar-refractivity contribution in [1.29, 1.82) is 0 Å². The maximum absolute atomic E-state index is 13.6. The number of hydrogen-bond acceptors (Lipinski definition) is 3. The van der Waals surface area contributed by atoms with E-state index in [4.69, 9.17) is 5.73 Å². The van der Waals surface area contributed by atoms with E-state index in [1.54, 1.807) is 18.2 Å². The van der Waals surface area contributed by atoms with Gasteiger partial charge in [-0.25, -0.2) is 4.39 Å². The molecule has 2 N–H and O–H groups in total. The Kier molecular flexibility index (Phi) is 3.72. The van der Waals surface area contributed by atoms with Crippen molar-refractivity contribution >= 4 is 11.8 Å². The topological polar surface area (TPSA) is 63.4 Å². The van der Waals surface area contributed by atoms with Crippen molar-refractivity contribution < 1.29 is 14.0 Å². The molecule has 0 aliphatic carbocycles. The van der Waals surface area contributed by atoms with Gasteiger partial charge in [-0.1, -0.05) is 18.2 Å². The third-order valence-electron chi connectivity index (χ3n) is 3.14. The number of amides is 2. The van der Waals surface area contributed by atoms with E-state index >= 15 is 0 Å². The fourth-order valence-corrected chi connectivity index (χ4v) is 2.26. The van der Waals surface area contributed by atoms with Crippen LogP contribution < -0.4 is 5.73 Å². The van der Waals surface area contributed by atoms with Crippen LogP contribution in [0.1, 0.15) is 24.3 Å². The van der Waals surface area contributed by atoms with E-state index in [2.05, 4.69) is 0 Å². The first-order valence-electron chi connectivity index (χ1n) is 5.91. The van der Waals surface area contributed by atoms with Crippen LogP contribution in [0, 0.1) is 5.82 Å². The number of imide groups is 1. The number of likely N-dealkylation sites (tertiary alicyclic amines) is 1. The van der Waals surface area contributed by atoms with E-state index in [-0.39, 0.29) is 49.5 Å². The number of nitrogens with zero attached hydrogens (tertiary/aromatic N) is 1. The average molecular weight is 250 g/mol. The van der Waals surface area contributed by atoms with Gasteiger partial charge in [0.15, 0.2) is 0 Å². The summed E-state index contributed by atoms with van der Waals surface area (Å²) >= 11 is 0. The van der Waals surface area contributed by atoms with Crippen LogP contribution in [0.3, 0.4) is 0 Å². The molecule has 0 radical (unpaired) electrons. The van der Waals surface area contributed by atoms with Crippen LogP contribution in [0.4, 0.5) is 4.39 Å². The highest BCUT2D eigenvalue weighted by atomic mass is 19.1. The second kappa shape index (κ2) is 5.27. The molecule has 1 aliphatic rings. The lowest BCUT2D eigenvalue weighted by Crippen LogP contribution is -2.45. The molecule has 0 unspecified atom stereocenters. The SMILES string of the molecule is NCCN1C(=O)CC(c2ccccc2F)CC1=O. The van der Waals surface area contributed by atoms with Crippen LogP contribution in [0.15, 0.2) is 24.3 Å². The highest BCUT2D eigenvalue weighted by molar-refractivity contribution is 5.98. The van der Waals surface area contributed by atoms with Crippen LogP contribution in [0.2, 0.25) is 0 Å². The molecule has 0 aromatic heterocycles. The van der Waals surface area contributed by atoms with Gasteiger partial charge in [0.1, 0.15) is 5.82 Å². The molecule has 0 bridgehead atoms. The van der Waals surface area contributed by atoms with E-state index in [1.165, 1.54) is 6.07 Å². The van der Waals surface area contributed by atoms with Gasteiger partial charge in [-0.2, -0.15) is 0 Å². The van der Waals surface area contributed by atoms with Crippen molar-refractivity contribution in [3.63, 3.8) is 0 Å². The molecule has 0 atom stereocenters. The minimum Gasteiger partial charge on any atom is -0.329 e. The van der Waals surface area contributed by atoms with Crippen molar-refractivity contribution in [3.05, 3.63) is 35.6 Å². The molecule has 0 spiro atoms. The van der Waals surface area contributed by atoms with Gasteiger partial charge in [0.05, 0.1) is 0 Å². The Morgan fingerprint density at radius 1 is 1.22 bits per heavy atom. The summed E-state index contributed by atoms with van der Waals surface area (Å²) in [7, 11) is 0. The Hall–Kier alpha value is -1.75. The Morgan fingerprint density at radius 2 is 1.83 bits per heavy atom. The first-order chi connectivity index (χ1) is 8.63. The van der Waals surface area contributed by atoms with E-state index in [0.717, 1.165) is 4.90 Å². The molecule has 1 aliphatic heterocycles. The number of piperidine rings is 1. The maximum Gasteiger partial charge on any atom is 0.229 e. The third-order valence-corrected chi connectivity index (χ3v) is 3.14. The van der Waals surface area contributed by atoms with Crippen molar-refractivity contribution in [2.75, 3.05) is 13.1 Å². The average Bonchev–Trinajstić information content (AvgIpc) is 2.34. The van der Waals surface area contributed by atoms with E-state index in [9.17, 15) is 14.0 Å². The summed E-state index contributed by atoms with van der Waals surface area (Å²) in [5.41, 5.74) is 5.78. The molecule has 5 heteroatoms. The molecule has 1 heterocycles. The van der Waals surface area contributed by atoms with Crippen LogP contribution in [0.5, 0.6) is 0 Å². The van der Waals surface area contributed by atoms with Gasteiger partial charge in [-0.05, 0) is 11.6 Å². The van der Waals surface area contributed by atoms with Crippen molar-refractivity contribution in [1.82, 2.24) is 4.90 Å². The Balaban J connectivity index is 2.18. The molecule has 2 amide bonds. The molecule has 18 heavy (non-hydrogen) atoms. The quantitative estimate of drug-likeness (QED) is 0.814. The smallest absolute Gasteiger partial charge is 0.229 e. The molecule has 1 aromatic carbocycles. The van der Waals surface area contributed by atoms with Crippen molar-refractivity contribution in [3.8, 4) is 0 Å². The van der Waals surface area contributed by atoms with Crippen LogP contribution in [-0.4, -0.2) is 29.8 Å². The number of carbonyl (C=O) groups is 2. The lowest BCUT2D eigenvalue weighted by Gasteiger charge is -2.30. The van der Waals surface area contributed by atoms with Crippen LogP contribution >= 0.6 is 0 Å². The largest absolute Gasteiger partial charge is 0.329 e. The molecule has 2 rings (SSSR count). The number of halogens is 1. The fourth-order valence-electron chi connectivity index (χ4n) is 2.26. The van der Waals surface area contributed by atoms with Crippen LogP contribution in [0.25, 0.3) is 0 Å². The zero-order valence-electron chi connectivity index (χ0n) is 9.93. The van der Waals surface area contributed by atoms with Gasteiger partial charge < -0.3 is 5.73 Å². The molecular weight excluding hydrogens is 235 g/mol. The molecule has 4 nitrogen and oxygen atoms in total. The first-order valence-corrected chi connectivity index (χ1v) is 5.91. The second-order valence-corrected chi connectivity index (χ2v) is 4.35. The highest BCUT2D eigenvalue weighted by Gasteiger charge is 2.33. The number of nitrogens with two attached hydrogens (primary N) is 1. The van der Waals surface area contributed by atoms with Crippen molar-refractivity contribution in [2.45, 2.75) is 18.8 Å². The summed E-state index contributed by atoms with van der Waals surface area (Å²) in [6, 6.07) is 6.27.